The van der Waals surface area contributed by atoms with Crippen LogP contribution < -0.4 is 11.1 Å². The molecule has 3 N–H and O–H groups in total. The molecule has 102 valence electrons. The summed E-state index contributed by atoms with van der Waals surface area (Å²) in [7, 11) is 0. The van der Waals surface area contributed by atoms with Gasteiger partial charge in [-0.2, -0.15) is 0 Å². The number of hydrogen-bond donors (Lipinski definition) is 2. The fourth-order valence-electron chi connectivity index (χ4n) is 1.84. The smallest absolute Gasteiger partial charge is 0.139 e. The number of unbranched alkanes of at least 4 members (excludes halogenated alkanes) is 5. The number of hydrogen-bond acceptors (Lipinski definition) is 2. The minimum Gasteiger partial charge on any atom is -0.397 e. The summed E-state index contributed by atoms with van der Waals surface area (Å²) < 4.78 is 13.6. The maximum Gasteiger partial charge on any atom is 0.139 e. The van der Waals surface area contributed by atoms with Crippen LogP contribution >= 0.6 is 15.9 Å². The van der Waals surface area contributed by atoms with Gasteiger partial charge in [0.15, 0.2) is 0 Å². The largest absolute Gasteiger partial charge is 0.397 e. The van der Waals surface area contributed by atoms with Crippen molar-refractivity contribution in [3.63, 3.8) is 0 Å². The lowest BCUT2D eigenvalue weighted by Crippen LogP contribution is -2.04. The number of nitrogen functional groups attached to an aromatic ring is 1. The Morgan fingerprint density at radius 2 is 1.83 bits per heavy atom. The van der Waals surface area contributed by atoms with Gasteiger partial charge in [0, 0.05) is 12.6 Å². The minimum absolute atomic E-state index is 0.322. The van der Waals surface area contributed by atoms with Crippen LogP contribution in [0.4, 0.5) is 15.8 Å². The van der Waals surface area contributed by atoms with E-state index >= 15 is 0 Å². The number of anilines is 2. The quantitative estimate of drug-likeness (QED) is 0.526. The van der Waals surface area contributed by atoms with Gasteiger partial charge in [-0.25, -0.2) is 4.39 Å². The summed E-state index contributed by atoms with van der Waals surface area (Å²) in [5.41, 5.74) is 7.01. The predicted octanol–water partition coefficient (Wildman–Crippen LogP) is 4.94. The van der Waals surface area contributed by atoms with E-state index < -0.39 is 0 Å². The summed E-state index contributed by atoms with van der Waals surface area (Å²) in [4.78, 5) is 0. The number of halogens is 2. The van der Waals surface area contributed by atoms with E-state index in [2.05, 4.69) is 28.2 Å². The van der Waals surface area contributed by atoms with Crippen LogP contribution in [-0.4, -0.2) is 6.54 Å². The van der Waals surface area contributed by atoms with Crippen LogP contribution in [0.3, 0.4) is 0 Å². The Labute approximate surface area is 117 Å². The first-order valence-electron chi connectivity index (χ1n) is 6.63. The summed E-state index contributed by atoms with van der Waals surface area (Å²) in [5, 5.41) is 3.25. The molecule has 0 aliphatic heterocycles. The van der Waals surface area contributed by atoms with Crippen LogP contribution in [0.1, 0.15) is 45.4 Å². The lowest BCUT2D eigenvalue weighted by Gasteiger charge is -2.10. The molecule has 1 aromatic rings. The molecule has 0 saturated heterocycles. The van der Waals surface area contributed by atoms with Crippen molar-refractivity contribution in [2.45, 2.75) is 45.4 Å². The van der Waals surface area contributed by atoms with Gasteiger partial charge in [-0.1, -0.05) is 39.0 Å². The zero-order chi connectivity index (χ0) is 13.4. The third-order valence-corrected chi connectivity index (χ3v) is 3.55. The zero-order valence-corrected chi connectivity index (χ0v) is 12.5. The molecule has 18 heavy (non-hydrogen) atoms. The van der Waals surface area contributed by atoms with E-state index in [9.17, 15) is 4.39 Å². The number of benzene rings is 1. The Morgan fingerprint density at radius 1 is 1.17 bits per heavy atom. The molecule has 0 aliphatic rings. The van der Waals surface area contributed by atoms with E-state index in [1.54, 1.807) is 6.07 Å². The van der Waals surface area contributed by atoms with Crippen molar-refractivity contribution < 1.29 is 4.39 Å². The molecule has 0 spiro atoms. The summed E-state index contributed by atoms with van der Waals surface area (Å²) in [6, 6.07) is 3.04. The van der Waals surface area contributed by atoms with E-state index in [1.165, 1.54) is 38.2 Å². The van der Waals surface area contributed by atoms with E-state index in [1.807, 2.05) is 0 Å². The van der Waals surface area contributed by atoms with Crippen molar-refractivity contribution in [1.29, 1.82) is 0 Å². The minimum atomic E-state index is -0.322. The highest BCUT2D eigenvalue weighted by molar-refractivity contribution is 9.10. The normalized spacial score (nSPS) is 10.6. The number of nitrogens with two attached hydrogens (primary N) is 1. The summed E-state index contributed by atoms with van der Waals surface area (Å²) >= 11 is 3.16. The Balaban J connectivity index is 2.25. The molecule has 0 atom stereocenters. The van der Waals surface area contributed by atoms with Gasteiger partial charge in [0.2, 0.25) is 0 Å². The summed E-state index contributed by atoms with van der Waals surface area (Å²) in [5.74, 6) is -0.322. The van der Waals surface area contributed by atoms with Gasteiger partial charge >= 0.3 is 0 Å². The van der Waals surface area contributed by atoms with Gasteiger partial charge in [-0.05, 0) is 28.4 Å². The lowest BCUT2D eigenvalue weighted by atomic mass is 10.1. The molecule has 0 radical (unpaired) electrons. The third kappa shape index (κ3) is 5.25. The highest BCUT2D eigenvalue weighted by Gasteiger charge is 2.05. The zero-order valence-electron chi connectivity index (χ0n) is 10.9. The Hall–Kier alpha value is -0.770. The second kappa shape index (κ2) is 8.35. The fraction of sp³-hybridized carbons (Fsp3) is 0.571. The number of rotatable bonds is 8. The molecule has 2 nitrogen and oxygen atoms in total. The van der Waals surface area contributed by atoms with Crippen LogP contribution in [0.2, 0.25) is 0 Å². The molecule has 0 aliphatic carbocycles. The second-order valence-corrected chi connectivity index (χ2v) is 5.40. The molecule has 1 aromatic carbocycles. The topological polar surface area (TPSA) is 38.0 Å². The molecular formula is C14H22BrFN2. The predicted molar refractivity (Wildman–Crippen MR) is 80.4 cm³/mol. The molecule has 0 unspecified atom stereocenters. The van der Waals surface area contributed by atoms with Crippen molar-refractivity contribution in [3.8, 4) is 0 Å². The van der Waals surface area contributed by atoms with Crippen LogP contribution in [0, 0.1) is 5.82 Å². The van der Waals surface area contributed by atoms with E-state index in [0.717, 1.165) is 18.7 Å². The van der Waals surface area contributed by atoms with Crippen molar-refractivity contribution in [2.75, 3.05) is 17.6 Å². The van der Waals surface area contributed by atoms with Crippen LogP contribution in [0.25, 0.3) is 0 Å². The van der Waals surface area contributed by atoms with Crippen LogP contribution in [0.5, 0.6) is 0 Å². The molecule has 0 fully saturated rings. The van der Waals surface area contributed by atoms with Gasteiger partial charge in [-0.3, -0.25) is 0 Å². The first-order chi connectivity index (χ1) is 8.65. The average molecular weight is 317 g/mol. The number of nitrogens with one attached hydrogen (secondary N) is 1. The highest BCUT2D eigenvalue weighted by Crippen LogP contribution is 2.26. The van der Waals surface area contributed by atoms with Crippen LogP contribution in [0.15, 0.2) is 16.6 Å². The van der Waals surface area contributed by atoms with E-state index in [0.29, 0.717) is 10.2 Å². The Morgan fingerprint density at radius 3 is 2.56 bits per heavy atom. The monoisotopic (exact) mass is 316 g/mol. The first-order valence-corrected chi connectivity index (χ1v) is 7.42. The van der Waals surface area contributed by atoms with E-state index in [4.69, 9.17) is 5.73 Å². The Kier molecular flexibility index (Phi) is 7.09. The van der Waals surface area contributed by atoms with Crippen molar-refractivity contribution in [1.82, 2.24) is 0 Å². The van der Waals surface area contributed by atoms with Crippen molar-refractivity contribution in [2.24, 2.45) is 0 Å². The van der Waals surface area contributed by atoms with Gasteiger partial charge in [-0.15, -0.1) is 0 Å². The van der Waals surface area contributed by atoms with Crippen molar-refractivity contribution in [3.05, 3.63) is 22.4 Å². The van der Waals surface area contributed by atoms with Gasteiger partial charge in [0.05, 0.1) is 15.8 Å². The second-order valence-electron chi connectivity index (χ2n) is 4.55. The van der Waals surface area contributed by atoms with E-state index in [-0.39, 0.29) is 5.82 Å². The molecular weight excluding hydrogens is 295 g/mol. The fourth-order valence-corrected chi connectivity index (χ4v) is 2.19. The van der Waals surface area contributed by atoms with Crippen LogP contribution in [-0.2, 0) is 0 Å². The Bertz CT molecular complexity index is 369. The molecule has 0 aromatic heterocycles. The standard InChI is InChI=1S/C14H22BrFN2/c1-2-3-4-5-6-7-8-18-14-9-11(15)12(16)10-13(14)17/h9-10,18H,2-8,17H2,1H3. The van der Waals surface area contributed by atoms with Gasteiger partial charge < -0.3 is 11.1 Å². The maximum atomic E-state index is 13.2. The highest BCUT2D eigenvalue weighted by atomic mass is 79.9. The molecule has 0 bridgehead atoms. The first kappa shape index (κ1) is 15.3. The molecule has 0 heterocycles. The molecule has 1 rings (SSSR count). The average Bonchev–Trinajstić information content (AvgIpc) is 2.34. The third-order valence-electron chi connectivity index (χ3n) is 2.94. The van der Waals surface area contributed by atoms with Crippen molar-refractivity contribution >= 4 is 27.3 Å². The SMILES string of the molecule is CCCCCCCCNc1cc(Br)c(F)cc1N. The lowest BCUT2D eigenvalue weighted by molar-refractivity contribution is 0.616. The van der Waals surface area contributed by atoms with Gasteiger partial charge in [0.25, 0.3) is 0 Å². The maximum absolute atomic E-state index is 13.2. The molecule has 4 heteroatoms. The molecule has 0 saturated carbocycles. The summed E-state index contributed by atoms with van der Waals surface area (Å²) in [6.45, 7) is 3.10. The summed E-state index contributed by atoms with van der Waals surface area (Å²) in [6.07, 6.45) is 7.57. The molecule has 0 amide bonds. The van der Waals surface area contributed by atoms with Gasteiger partial charge in [0.1, 0.15) is 5.82 Å².